The maximum atomic E-state index is 14.1. The molecule has 194 valence electrons. The Hall–Kier alpha value is -3.71. The van der Waals surface area contributed by atoms with Crippen LogP contribution < -0.4 is 0 Å². The smallest absolute Gasteiger partial charge is 0.342 e. The summed E-state index contributed by atoms with van der Waals surface area (Å²) in [5, 5.41) is 11.4. The first kappa shape index (κ1) is 25.9. The van der Waals surface area contributed by atoms with Crippen LogP contribution in [-0.4, -0.2) is 34.1 Å². The number of aliphatic hydroxyl groups is 1. The number of carbonyl (C=O) groups excluding carboxylic acids is 2. The monoisotopic (exact) mass is 573 g/mol. The second kappa shape index (κ2) is 9.87. The topological polar surface area (TPSA) is 85.2 Å². The minimum absolute atomic E-state index is 0.0220. The lowest BCUT2D eigenvalue weighted by atomic mass is 9.61. The van der Waals surface area contributed by atoms with E-state index in [1.165, 1.54) is 0 Å². The fourth-order valence-corrected chi connectivity index (χ4v) is 5.53. The maximum Gasteiger partial charge on any atom is 0.342 e. The number of ether oxygens (including phenoxy) is 2. The number of cyclic esters (lactones) is 1. The van der Waals surface area contributed by atoms with Gasteiger partial charge in [0.15, 0.2) is 5.54 Å². The molecule has 0 radical (unpaired) electrons. The Kier molecular flexibility index (Phi) is 6.73. The molecule has 1 spiro atoms. The number of benzene rings is 3. The minimum atomic E-state index is -1.55. The van der Waals surface area contributed by atoms with Crippen molar-refractivity contribution in [2.45, 2.75) is 50.2 Å². The van der Waals surface area contributed by atoms with Crippen molar-refractivity contribution < 1.29 is 24.2 Å². The van der Waals surface area contributed by atoms with Crippen molar-refractivity contribution in [3.05, 3.63) is 117 Å². The molecule has 1 aliphatic carbocycles. The van der Waals surface area contributed by atoms with E-state index in [9.17, 15) is 14.7 Å². The predicted molar refractivity (Wildman–Crippen MR) is 148 cm³/mol. The van der Waals surface area contributed by atoms with Crippen LogP contribution in [0.25, 0.3) is 0 Å². The van der Waals surface area contributed by atoms with E-state index in [-0.39, 0.29) is 23.7 Å². The van der Waals surface area contributed by atoms with Gasteiger partial charge in [0.05, 0.1) is 11.5 Å². The van der Waals surface area contributed by atoms with Crippen molar-refractivity contribution in [2.75, 3.05) is 0 Å². The zero-order valence-electron chi connectivity index (χ0n) is 21.4. The summed E-state index contributed by atoms with van der Waals surface area (Å²) >= 11 is 3.44. The predicted octanol–water partition coefficient (Wildman–Crippen LogP) is 6.62. The fourth-order valence-electron chi connectivity index (χ4n) is 5.26. The third-order valence-electron chi connectivity index (χ3n) is 6.82. The second-order valence-corrected chi connectivity index (χ2v) is 11.4. The van der Waals surface area contributed by atoms with Crippen molar-refractivity contribution in [3.8, 4) is 0 Å². The second-order valence-electron chi connectivity index (χ2n) is 10.5. The molecule has 3 aromatic carbocycles. The third kappa shape index (κ3) is 4.67. The fraction of sp³-hybridized carbons (Fsp3) is 0.258. The summed E-state index contributed by atoms with van der Waals surface area (Å²) in [5.41, 5.74) is -0.245. The highest BCUT2D eigenvalue weighted by Gasteiger charge is 2.63. The van der Waals surface area contributed by atoms with E-state index in [4.69, 9.17) is 14.5 Å². The standard InChI is InChI=1S/C31H28BrNO5/c1-30(2,3)38-28(35)25-24(34)18-23(19-10-6-4-7-11-19)31(26(25)20-12-8-5-9-13-20)29(36)37-27(33-31)21-14-16-22(32)17-15-21/h4-17,23,26,34H,18H2,1-3H3/t23-,26+,31-/m1/s1. The number of rotatable bonds is 4. The van der Waals surface area contributed by atoms with Crippen LogP contribution in [0.5, 0.6) is 0 Å². The van der Waals surface area contributed by atoms with Crippen molar-refractivity contribution in [1.29, 1.82) is 0 Å². The van der Waals surface area contributed by atoms with Gasteiger partial charge in [-0.05, 0) is 56.2 Å². The molecule has 0 unspecified atom stereocenters. The molecule has 7 heteroatoms. The molecule has 1 heterocycles. The number of aliphatic imine (C=N–C) groups is 1. The largest absolute Gasteiger partial charge is 0.512 e. The summed E-state index contributed by atoms with van der Waals surface area (Å²) < 4.78 is 12.5. The molecule has 0 bridgehead atoms. The van der Waals surface area contributed by atoms with Crippen LogP contribution in [-0.2, 0) is 19.1 Å². The highest BCUT2D eigenvalue weighted by molar-refractivity contribution is 9.10. The Morgan fingerprint density at radius 1 is 0.974 bits per heavy atom. The van der Waals surface area contributed by atoms with Gasteiger partial charge in [0.2, 0.25) is 5.90 Å². The first-order valence-electron chi connectivity index (χ1n) is 12.4. The molecule has 6 nitrogen and oxygen atoms in total. The Morgan fingerprint density at radius 3 is 2.13 bits per heavy atom. The molecule has 2 aliphatic rings. The molecule has 1 aliphatic heterocycles. The SMILES string of the molecule is CC(C)(C)OC(=O)C1=C(O)C[C@H](c2ccccc2)[C@@]2(N=C(c3ccc(Br)cc3)OC2=O)[C@H]1c1ccccc1. The number of carbonyl (C=O) groups is 2. The first-order valence-corrected chi connectivity index (χ1v) is 13.2. The molecule has 3 aromatic rings. The summed E-state index contributed by atoms with van der Waals surface area (Å²) in [5.74, 6) is -2.75. The highest BCUT2D eigenvalue weighted by atomic mass is 79.9. The average molecular weight is 574 g/mol. The molecular weight excluding hydrogens is 546 g/mol. The summed E-state index contributed by atoms with van der Waals surface area (Å²) in [6, 6.07) is 26.0. The van der Waals surface area contributed by atoms with Crippen LogP contribution in [0.2, 0.25) is 0 Å². The van der Waals surface area contributed by atoms with Gasteiger partial charge in [-0.25, -0.2) is 14.6 Å². The van der Waals surface area contributed by atoms with Gasteiger partial charge in [-0.3, -0.25) is 0 Å². The zero-order valence-corrected chi connectivity index (χ0v) is 22.9. The van der Waals surface area contributed by atoms with Gasteiger partial charge in [0.1, 0.15) is 11.4 Å². The van der Waals surface area contributed by atoms with Crippen molar-refractivity contribution in [2.24, 2.45) is 4.99 Å². The molecule has 0 amide bonds. The van der Waals surface area contributed by atoms with Crippen LogP contribution in [0.1, 0.15) is 55.7 Å². The van der Waals surface area contributed by atoms with Crippen LogP contribution in [0.3, 0.4) is 0 Å². The van der Waals surface area contributed by atoms with Crippen LogP contribution in [0, 0.1) is 0 Å². The van der Waals surface area contributed by atoms with Gasteiger partial charge in [0, 0.05) is 22.4 Å². The quantitative estimate of drug-likeness (QED) is 0.354. The number of aliphatic hydroxyl groups excluding tert-OH is 1. The van der Waals surface area contributed by atoms with E-state index in [0.29, 0.717) is 11.1 Å². The van der Waals surface area contributed by atoms with Crippen LogP contribution >= 0.6 is 15.9 Å². The number of esters is 2. The highest BCUT2D eigenvalue weighted by Crippen LogP contribution is 2.56. The lowest BCUT2D eigenvalue weighted by Crippen LogP contribution is -2.51. The third-order valence-corrected chi connectivity index (χ3v) is 7.34. The molecule has 0 fully saturated rings. The average Bonchev–Trinajstić information content (AvgIpc) is 3.22. The normalized spacial score (nSPS) is 23.3. The molecular formula is C31H28BrNO5. The molecule has 3 atom stereocenters. The minimum Gasteiger partial charge on any atom is -0.512 e. The number of halogens is 1. The van der Waals surface area contributed by atoms with E-state index in [2.05, 4.69) is 15.9 Å². The molecule has 38 heavy (non-hydrogen) atoms. The van der Waals surface area contributed by atoms with Gasteiger partial charge < -0.3 is 14.6 Å². The Balaban J connectivity index is 1.79. The zero-order chi connectivity index (χ0) is 27.1. The van der Waals surface area contributed by atoms with Crippen molar-refractivity contribution in [3.63, 3.8) is 0 Å². The molecule has 5 rings (SSSR count). The lowest BCUT2D eigenvalue weighted by Gasteiger charge is -2.43. The number of nitrogens with zero attached hydrogens (tertiary/aromatic N) is 1. The summed E-state index contributed by atoms with van der Waals surface area (Å²) in [6.45, 7) is 5.29. The number of allylic oxidation sites excluding steroid dienone is 1. The van der Waals surface area contributed by atoms with Crippen LogP contribution in [0.15, 0.2) is 106 Å². The Morgan fingerprint density at radius 2 is 1.55 bits per heavy atom. The van der Waals surface area contributed by atoms with Gasteiger partial charge in [-0.1, -0.05) is 76.6 Å². The van der Waals surface area contributed by atoms with Gasteiger partial charge in [-0.2, -0.15) is 0 Å². The maximum absolute atomic E-state index is 14.1. The van der Waals surface area contributed by atoms with Crippen molar-refractivity contribution >= 4 is 33.8 Å². The Bertz CT molecular complexity index is 1420. The number of hydrogen-bond donors (Lipinski definition) is 1. The lowest BCUT2D eigenvalue weighted by molar-refractivity contribution is -0.151. The van der Waals surface area contributed by atoms with E-state index in [1.807, 2.05) is 84.9 Å². The molecule has 0 aromatic heterocycles. The summed E-state index contributed by atoms with van der Waals surface area (Å²) in [6.07, 6.45) is 0.0220. The van der Waals surface area contributed by atoms with E-state index < -0.39 is 34.9 Å². The van der Waals surface area contributed by atoms with Gasteiger partial charge >= 0.3 is 11.9 Å². The summed E-state index contributed by atoms with van der Waals surface area (Å²) in [4.78, 5) is 32.8. The molecule has 0 saturated carbocycles. The van der Waals surface area contributed by atoms with E-state index >= 15 is 0 Å². The van der Waals surface area contributed by atoms with E-state index in [1.54, 1.807) is 20.8 Å². The van der Waals surface area contributed by atoms with Gasteiger partial charge in [-0.15, -0.1) is 0 Å². The summed E-state index contributed by atoms with van der Waals surface area (Å²) in [7, 11) is 0. The van der Waals surface area contributed by atoms with Crippen LogP contribution in [0.4, 0.5) is 0 Å². The molecule has 0 saturated heterocycles. The number of hydrogen-bond acceptors (Lipinski definition) is 6. The first-order chi connectivity index (χ1) is 18.1. The van der Waals surface area contributed by atoms with Crippen molar-refractivity contribution in [1.82, 2.24) is 0 Å². The molecule has 1 N–H and O–H groups in total. The van der Waals surface area contributed by atoms with E-state index in [0.717, 1.165) is 10.0 Å². The van der Waals surface area contributed by atoms with Gasteiger partial charge in [0.25, 0.3) is 0 Å². The Labute approximate surface area is 230 Å².